The van der Waals surface area contributed by atoms with Gasteiger partial charge >= 0.3 is 0 Å². The Bertz CT molecular complexity index is 1120. The largest absolute Gasteiger partial charge is 0.493 e. The maximum absolute atomic E-state index is 13.3. The smallest absolute Gasteiger partial charge is 0.195 e. The molecule has 0 fully saturated rings. The van der Waals surface area contributed by atoms with Crippen molar-refractivity contribution in [1.82, 2.24) is 4.98 Å². The highest BCUT2D eigenvalue weighted by molar-refractivity contribution is 6.18. The summed E-state index contributed by atoms with van der Waals surface area (Å²) in [4.78, 5) is 16.4. The van der Waals surface area contributed by atoms with Crippen molar-refractivity contribution in [1.29, 1.82) is 0 Å². The molecule has 0 aliphatic carbocycles. The number of ether oxygens (including phenoxy) is 2. The zero-order valence-corrected chi connectivity index (χ0v) is 15.2. The van der Waals surface area contributed by atoms with E-state index in [1.165, 1.54) is 0 Å². The molecule has 0 unspecified atom stereocenters. The Kier molecular flexibility index (Phi) is 4.38. The number of hydrogen-bond donors (Lipinski definition) is 1. The van der Waals surface area contributed by atoms with E-state index < -0.39 is 0 Å². The molecule has 4 aromatic rings. The number of fused-ring (bicyclic) bond motifs is 1. The fraction of sp³-hybridized carbons (Fsp3) is 0.0870. The van der Waals surface area contributed by atoms with E-state index in [0.29, 0.717) is 22.6 Å². The number of hydrogen-bond acceptors (Lipinski definition) is 3. The van der Waals surface area contributed by atoms with Crippen LogP contribution in [0.3, 0.4) is 0 Å². The number of rotatable bonds is 5. The minimum atomic E-state index is -0.0159. The van der Waals surface area contributed by atoms with Crippen molar-refractivity contribution >= 4 is 16.6 Å². The summed E-state index contributed by atoms with van der Waals surface area (Å²) in [5.41, 5.74) is 3.03. The molecule has 0 spiro atoms. The van der Waals surface area contributed by atoms with Gasteiger partial charge in [0.15, 0.2) is 17.3 Å². The average Bonchev–Trinajstić information content (AvgIpc) is 3.22. The lowest BCUT2D eigenvalue weighted by Crippen LogP contribution is -2.02. The van der Waals surface area contributed by atoms with Crippen molar-refractivity contribution in [2.75, 3.05) is 14.2 Å². The van der Waals surface area contributed by atoms with Crippen molar-refractivity contribution in [3.05, 3.63) is 84.2 Å². The van der Waals surface area contributed by atoms with Crippen LogP contribution in [0.1, 0.15) is 15.9 Å². The Morgan fingerprint density at radius 1 is 0.815 bits per heavy atom. The average molecular weight is 357 g/mol. The second kappa shape index (κ2) is 7.00. The molecule has 0 amide bonds. The molecule has 4 heteroatoms. The van der Waals surface area contributed by atoms with Gasteiger partial charge in [0.1, 0.15) is 0 Å². The van der Waals surface area contributed by atoms with E-state index in [0.717, 1.165) is 21.9 Å². The Balaban J connectivity index is 1.81. The Morgan fingerprint density at radius 2 is 1.59 bits per heavy atom. The first kappa shape index (κ1) is 16.9. The predicted octanol–water partition coefficient (Wildman–Crippen LogP) is 5.08. The van der Waals surface area contributed by atoms with Crippen LogP contribution in [-0.4, -0.2) is 25.0 Å². The van der Waals surface area contributed by atoms with Gasteiger partial charge in [0.2, 0.25) is 0 Å². The number of aromatic amines is 1. The zero-order chi connectivity index (χ0) is 18.8. The molecule has 0 radical (unpaired) electrons. The van der Waals surface area contributed by atoms with Crippen LogP contribution in [0.2, 0.25) is 0 Å². The van der Waals surface area contributed by atoms with E-state index in [-0.39, 0.29) is 5.78 Å². The number of carbonyl (C=O) groups is 1. The maximum atomic E-state index is 13.3. The lowest BCUT2D eigenvalue weighted by molar-refractivity contribution is 0.104. The number of carbonyl (C=O) groups excluding carboxylic acids is 1. The molecule has 4 nitrogen and oxygen atoms in total. The molecule has 134 valence electrons. The van der Waals surface area contributed by atoms with E-state index in [4.69, 9.17) is 9.47 Å². The van der Waals surface area contributed by atoms with Crippen LogP contribution >= 0.6 is 0 Å². The van der Waals surface area contributed by atoms with Crippen molar-refractivity contribution in [3.63, 3.8) is 0 Å². The standard InChI is InChI=1S/C23H19NO3/c1-26-21-11-10-16(12-22(21)27-2)19-13-24-14-20(19)23(25)18-9-5-7-15-6-3-4-8-17(15)18/h3-14,24H,1-2H3. The first-order valence-electron chi connectivity index (χ1n) is 8.64. The first-order chi connectivity index (χ1) is 13.2. The van der Waals surface area contributed by atoms with Gasteiger partial charge < -0.3 is 14.5 Å². The van der Waals surface area contributed by atoms with Gasteiger partial charge in [-0.1, -0.05) is 48.5 Å². The molecule has 0 bridgehead atoms. The summed E-state index contributed by atoms with van der Waals surface area (Å²) in [6.45, 7) is 0. The lowest BCUT2D eigenvalue weighted by atomic mass is 9.94. The minimum Gasteiger partial charge on any atom is -0.493 e. The first-order valence-corrected chi connectivity index (χ1v) is 8.64. The number of H-pyrrole nitrogens is 1. The highest BCUT2D eigenvalue weighted by atomic mass is 16.5. The third-order valence-electron chi connectivity index (χ3n) is 4.72. The second-order valence-electron chi connectivity index (χ2n) is 6.21. The van der Waals surface area contributed by atoms with Gasteiger partial charge in [-0.3, -0.25) is 4.79 Å². The van der Waals surface area contributed by atoms with E-state index in [1.807, 2.05) is 66.9 Å². The van der Waals surface area contributed by atoms with Crippen LogP contribution in [0.15, 0.2) is 73.1 Å². The van der Waals surface area contributed by atoms with Crippen LogP contribution in [0, 0.1) is 0 Å². The van der Waals surface area contributed by atoms with Crippen LogP contribution in [0.4, 0.5) is 0 Å². The summed E-state index contributed by atoms with van der Waals surface area (Å²) >= 11 is 0. The van der Waals surface area contributed by atoms with E-state index in [1.54, 1.807) is 20.4 Å². The molecular formula is C23H19NO3. The summed E-state index contributed by atoms with van der Waals surface area (Å²) in [7, 11) is 3.20. The summed E-state index contributed by atoms with van der Waals surface area (Å²) in [6, 6.07) is 19.4. The van der Waals surface area contributed by atoms with Crippen LogP contribution in [-0.2, 0) is 0 Å². The molecule has 1 N–H and O–H groups in total. The van der Waals surface area contributed by atoms with Gasteiger partial charge in [-0.25, -0.2) is 0 Å². The topological polar surface area (TPSA) is 51.3 Å². The summed E-state index contributed by atoms with van der Waals surface area (Å²) in [5, 5.41) is 2.00. The van der Waals surface area contributed by atoms with Gasteiger partial charge in [0, 0.05) is 29.1 Å². The maximum Gasteiger partial charge on any atom is 0.195 e. The third kappa shape index (κ3) is 2.95. The quantitative estimate of drug-likeness (QED) is 0.507. The van der Waals surface area contributed by atoms with E-state index in [2.05, 4.69) is 4.98 Å². The molecule has 0 aliphatic heterocycles. The SMILES string of the molecule is COc1ccc(-c2c[nH]cc2C(=O)c2cccc3ccccc23)cc1OC. The molecule has 1 heterocycles. The Hall–Kier alpha value is -3.53. The van der Waals surface area contributed by atoms with Gasteiger partial charge in [0.25, 0.3) is 0 Å². The van der Waals surface area contributed by atoms with Gasteiger partial charge in [-0.05, 0) is 28.5 Å². The molecule has 1 aromatic heterocycles. The van der Waals surface area contributed by atoms with E-state index in [9.17, 15) is 4.79 Å². The minimum absolute atomic E-state index is 0.0159. The highest BCUT2D eigenvalue weighted by Gasteiger charge is 2.19. The second-order valence-corrected chi connectivity index (χ2v) is 6.21. The summed E-state index contributed by atoms with van der Waals surface area (Å²) in [6.07, 6.45) is 3.58. The number of nitrogens with one attached hydrogen (secondary N) is 1. The van der Waals surface area contributed by atoms with Crippen LogP contribution in [0.5, 0.6) is 11.5 Å². The molecule has 0 atom stereocenters. The number of methoxy groups -OCH3 is 2. The Labute approximate surface area is 157 Å². The van der Waals surface area contributed by atoms with Gasteiger partial charge in [-0.2, -0.15) is 0 Å². The van der Waals surface area contributed by atoms with Gasteiger partial charge in [0.05, 0.1) is 14.2 Å². The van der Waals surface area contributed by atoms with Crippen LogP contribution < -0.4 is 9.47 Å². The summed E-state index contributed by atoms with van der Waals surface area (Å²) in [5.74, 6) is 1.26. The van der Waals surface area contributed by atoms with Crippen molar-refractivity contribution in [2.45, 2.75) is 0 Å². The number of benzene rings is 3. The molecule has 0 saturated carbocycles. The van der Waals surface area contributed by atoms with Crippen molar-refractivity contribution < 1.29 is 14.3 Å². The van der Waals surface area contributed by atoms with Crippen molar-refractivity contribution in [3.8, 4) is 22.6 Å². The molecule has 3 aromatic carbocycles. The lowest BCUT2D eigenvalue weighted by Gasteiger charge is -2.10. The third-order valence-corrected chi connectivity index (χ3v) is 4.72. The monoisotopic (exact) mass is 357 g/mol. The molecule has 27 heavy (non-hydrogen) atoms. The van der Waals surface area contributed by atoms with Crippen molar-refractivity contribution in [2.24, 2.45) is 0 Å². The fourth-order valence-corrected chi connectivity index (χ4v) is 3.36. The van der Waals surface area contributed by atoms with Crippen LogP contribution in [0.25, 0.3) is 21.9 Å². The van der Waals surface area contributed by atoms with E-state index >= 15 is 0 Å². The molecule has 0 saturated heterocycles. The normalized spacial score (nSPS) is 10.7. The predicted molar refractivity (Wildman–Crippen MR) is 107 cm³/mol. The highest BCUT2D eigenvalue weighted by Crippen LogP contribution is 2.34. The number of ketones is 1. The number of aromatic nitrogens is 1. The summed E-state index contributed by atoms with van der Waals surface area (Å²) < 4.78 is 10.7. The zero-order valence-electron chi connectivity index (χ0n) is 15.2. The fourth-order valence-electron chi connectivity index (χ4n) is 3.36. The molecule has 0 aliphatic rings. The molecule has 4 rings (SSSR count). The Morgan fingerprint density at radius 3 is 2.41 bits per heavy atom. The van der Waals surface area contributed by atoms with Gasteiger partial charge in [-0.15, -0.1) is 0 Å². The molecular weight excluding hydrogens is 338 g/mol.